The Labute approximate surface area is 94.5 Å². The summed E-state index contributed by atoms with van der Waals surface area (Å²) in [4.78, 5) is 22.2. The molecule has 0 aromatic carbocycles. The van der Waals surface area contributed by atoms with Crippen LogP contribution in [0.3, 0.4) is 0 Å². The van der Waals surface area contributed by atoms with Crippen LogP contribution in [0.4, 0.5) is 4.79 Å². The van der Waals surface area contributed by atoms with Crippen molar-refractivity contribution in [3.05, 3.63) is 20.8 Å². The van der Waals surface area contributed by atoms with Crippen LogP contribution in [0.15, 0.2) is 5.38 Å². The lowest BCUT2D eigenvalue weighted by Gasteiger charge is -2.11. The van der Waals surface area contributed by atoms with E-state index in [2.05, 4.69) is 0 Å². The molecule has 1 rings (SSSR count). The molecular formula is C8H8ClNO4S. The van der Waals surface area contributed by atoms with Gasteiger partial charge in [-0.15, -0.1) is 11.3 Å². The zero-order valence-electron chi connectivity index (χ0n) is 7.73. The Balaban J connectivity index is 2.88. The van der Waals surface area contributed by atoms with Gasteiger partial charge in [0.2, 0.25) is 0 Å². The minimum absolute atomic E-state index is 0.0328. The van der Waals surface area contributed by atoms with Crippen LogP contribution in [-0.2, 0) is 6.54 Å². The fraction of sp³-hybridized carbons (Fsp3) is 0.250. The molecule has 5 nitrogen and oxygen atoms in total. The summed E-state index contributed by atoms with van der Waals surface area (Å²) in [6, 6.07) is 0. The lowest BCUT2D eigenvalue weighted by Crippen LogP contribution is -2.23. The van der Waals surface area contributed by atoms with Crippen molar-refractivity contribution in [1.29, 1.82) is 0 Å². The average molecular weight is 250 g/mol. The van der Waals surface area contributed by atoms with Crippen LogP contribution >= 0.6 is 22.9 Å². The maximum absolute atomic E-state index is 10.7. The van der Waals surface area contributed by atoms with E-state index in [0.717, 1.165) is 16.2 Å². The first-order chi connectivity index (χ1) is 6.93. The predicted octanol–water partition coefficient (Wildman–Crippen LogP) is 2.21. The van der Waals surface area contributed by atoms with Gasteiger partial charge in [-0.25, -0.2) is 9.59 Å². The van der Waals surface area contributed by atoms with Gasteiger partial charge >= 0.3 is 12.1 Å². The molecule has 7 heteroatoms. The topological polar surface area (TPSA) is 77.8 Å². The number of nitrogens with zero attached hydrogens (tertiary/aromatic N) is 1. The van der Waals surface area contributed by atoms with Crippen molar-refractivity contribution in [2.45, 2.75) is 6.54 Å². The second kappa shape index (κ2) is 4.50. The second-order valence-electron chi connectivity index (χ2n) is 2.85. The van der Waals surface area contributed by atoms with Crippen LogP contribution < -0.4 is 0 Å². The Kier molecular flexibility index (Phi) is 3.54. The zero-order chi connectivity index (χ0) is 11.6. The molecule has 0 aliphatic rings. The van der Waals surface area contributed by atoms with E-state index < -0.39 is 12.1 Å². The van der Waals surface area contributed by atoms with Crippen LogP contribution in [-0.4, -0.2) is 34.2 Å². The van der Waals surface area contributed by atoms with E-state index >= 15 is 0 Å². The molecule has 0 atom stereocenters. The van der Waals surface area contributed by atoms with E-state index in [9.17, 15) is 9.59 Å². The van der Waals surface area contributed by atoms with Crippen molar-refractivity contribution in [2.75, 3.05) is 7.05 Å². The summed E-state index contributed by atoms with van der Waals surface area (Å²) in [7, 11) is 1.39. The molecule has 0 fully saturated rings. The molecule has 2 N–H and O–H groups in total. The van der Waals surface area contributed by atoms with E-state index in [1.54, 1.807) is 5.38 Å². The van der Waals surface area contributed by atoms with Crippen molar-refractivity contribution >= 4 is 35.0 Å². The number of halogens is 1. The molecule has 0 unspecified atom stereocenters. The molecule has 82 valence electrons. The predicted molar refractivity (Wildman–Crippen MR) is 55.8 cm³/mol. The quantitative estimate of drug-likeness (QED) is 0.861. The molecule has 1 aromatic heterocycles. The molecular weight excluding hydrogens is 242 g/mol. The minimum atomic E-state index is -1.10. The smallest absolute Gasteiger partial charge is 0.407 e. The van der Waals surface area contributed by atoms with Crippen molar-refractivity contribution < 1.29 is 19.8 Å². The summed E-state index contributed by atoms with van der Waals surface area (Å²) in [6.45, 7) is 0.0813. The van der Waals surface area contributed by atoms with Gasteiger partial charge < -0.3 is 15.1 Å². The molecule has 0 saturated heterocycles. The molecule has 1 heterocycles. The molecule has 0 spiro atoms. The molecule has 0 saturated carbocycles. The highest BCUT2D eigenvalue weighted by Gasteiger charge is 2.17. The SMILES string of the molecule is CN(Cc1csc(C(=O)O)c1Cl)C(=O)O. The number of thiophene rings is 1. The van der Waals surface area contributed by atoms with Crippen molar-refractivity contribution in [3.8, 4) is 0 Å². The van der Waals surface area contributed by atoms with E-state index in [0.29, 0.717) is 5.56 Å². The first-order valence-electron chi connectivity index (χ1n) is 3.86. The van der Waals surface area contributed by atoms with Gasteiger partial charge in [0.15, 0.2) is 0 Å². The first-order valence-corrected chi connectivity index (χ1v) is 5.12. The number of carbonyl (C=O) groups is 2. The molecule has 1 amide bonds. The average Bonchev–Trinajstić information content (AvgIpc) is 2.48. The maximum atomic E-state index is 10.7. The number of hydrogen-bond donors (Lipinski definition) is 2. The Morgan fingerprint density at radius 1 is 1.53 bits per heavy atom. The largest absolute Gasteiger partial charge is 0.477 e. The van der Waals surface area contributed by atoms with Gasteiger partial charge in [-0.1, -0.05) is 11.6 Å². The summed E-state index contributed by atoms with van der Waals surface area (Å²) >= 11 is 6.76. The normalized spacial score (nSPS) is 10.0. The third kappa shape index (κ3) is 2.60. The highest BCUT2D eigenvalue weighted by atomic mass is 35.5. The monoisotopic (exact) mass is 249 g/mol. The van der Waals surface area contributed by atoms with Gasteiger partial charge in [0, 0.05) is 12.6 Å². The summed E-state index contributed by atoms with van der Waals surface area (Å²) in [5, 5.41) is 19.0. The number of aromatic carboxylic acids is 1. The summed E-state index contributed by atoms with van der Waals surface area (Å²) in [5.41, 5.74) is 0.504. The van der Waals surface area contributed by atoms with Crippen LogP contribution in [0.25, 0.3) is 0 Å². The van der Waals surface area contributed by atoms with E-state index in [4.69, 9.17) is 21.8 Å². The van der Waals surface area contributed by atoms with Gasteiger partial charge in [0.25, 0.3) is 0 Å². The van der Waals surface area contributed by atoms with Gasteiger partial charge in [0.1, 0.15) is 4.88 Å². The summed E-state index contributed by atoms with van der Waals surface area (Å²) < 4.78 is 0. The highest BCUT2D eigenvalue weighted by molar-refractivity contribution is 7.12. The third-order valence-corrected chi connectivity index (χ3v) is 3.29. The second-order valence-corrected chi connectivity index (χ2v) is 4.11. The van der Waals surface area contributed by atoms with Crippen molar-refractivity contribution in [3.63, 3.8) is 0 Å². The summed E-state index contributed by atoms with van der Waals surface area (Å²) in [5.74, 6) is -1.10. The van der Waals surface area contributed by atoms with E-state index in [1.807, 2.05) is 0 Å². The fourth-order valence-corrected chi connectivity index (χ4v) is 2.13. The fourth-order valence-electron chi connectivity index (χ4n) is 0.953. The Bertz CT molecular complexity index is 403. The van der Waals surface area contributed by atoms with Crippen molar-refractivity contribution in [1.82, 2.24) is 4.90 Å². The molecule has 1 aromatic rings. The molecule has 15 heavy (non-hydrogen) atoms. The van der Waals surface area contributed by atoms with Gasteiger partial charge in [-0.3, -0.25) is 0 Å². The van der Waals surface area contributed by atoms with Gasteiger partial charge in [-0.05, 0) is 5.38 Å². The van der Waals surface area contributed by atoms with Crippen LogP contribution in [0.2, 0.25) is 5.02 Å². The number of carboxylic acid groups (broad SMARTS) is 2. The zero-order valence-corrected chi connectivity index (χ0v) is 9.30. The van der Waals surface area contributed by atoms with Crippen LogP contribution in [0.1, 0.15) is 15.2 Å². The molecule has 0 radical (unpaired) electrons. The summed E-state index contributed by atoms with van der Waals surface area (Å²) in [6.07, 6.45) is -1.09. The number of hydrogen-bond acceptors (Lipinski definition) is 3. The lowest BCUT2D eigenvalue weighted by molar-refractivity contribution is 0.0702. The first kappa shape index (κ1) is 11.8. The molecule has 0 aliphatic heterocycles. The van der Waals surface area contributed by atoms with E-state index in [1.165, 1.54) is 7.05 Å². The third-order valence-electron chi connectivity index (χ3n) is 1.73. The number of carboxylic acids is 1. The van der Waals surface area contributed by atoms with Crippen LogP contribution in [0, 0.1) is 0 Å². The van der Waals surface area contributed by atoms with Gasteiger partial charge in [0.05, 0.1) is 11.6 Å². The highest BCUT2D eigenvalue weighted by Crippen LogP contribution is 2.28. The maximum Gasteiger partial charge on any atom is 0.407 e. The standard InChI is InChI=1S/C8H8ClNO4S/c1-10(8(13)14)2-4-3-15-6(5(4)9)7(11)12/h3H,2H2,1H3,(H,11,12)(H,13,14). The Hall–Kier alpha value is -1.27. The Morgan fingerprint density at radius 3 is 2.53 bits per heavy atom. The number of amides is 1. The van der Waals surface area contributed by atoms with Crippen LogP contribution in [0.5, 0.6) is 0 Å². The number of rotatable bonds is 3. The minimum Gasteiger partial charge on any atom is -0.477 e. The van der Waals surface area contributed by atoms with E-state index in [-0.39, 0.29) is 16.4 Å². The molecule has 0 bridgehead atoms. The molecule has 0 aliphatic carbocycles. The Morgan fingerprint density at radius 2 is 2.13 bits per heavy atom. The lowest BCUT2D eigenvalue weighted by atomic mass is 10.3. The van der Waals surface area contributed by atoms with Gasteiger partial charge in [-0.2, -0.15) is 0 Å². The van der Waals surface area contributed by atoms with Crippen molar-refractivity contribution in [2.24, 2.45) is 0 Å².